The third kappa shape index (κ3) is 4.54. The Morgan fingerprint density at radius 2 is 1.76 bits per heavy atom. The molecule has 0 unspecified atom stereocenters. The molecule has 0 aromatic heterocycles. The van der Waals surface area contributed by atoms with Gasteiger partial charge in [-0.15, -0.1) is 0 Å². The number of Topliss-reactive ketones (excluding diaryl/α,β-unsaturated/α-hetero) is 1. The summed E-state index contributed by atoms with van der Waals surface area (Å²) < 4.78 is 14.3. The molecular weight excluding hydrogens is 319 g/mol. The molecule has 0 saturated heterocycles. The first-order chi connectivity index (χ1) is 9.94. The van der Waals surface area contributed by atoms with E-state index in [1.54, 1.807) is 12.1 Å². The van der Waals surface area contributed by atoms with Crippen LogP contribution >= 0.6 is 23.2 Å². The molecule has 0 N–H and O–H groups in total. The number of methoxy groups -OCH3 is 3. The van der Waals surface area contributed by atoms with Crippen molar-refractivity contribution in [1.29, 1.82) is 0 Å². The highest BCUT2D eigenvalue weighted by atomic mass is 35.5. The van der Waals surface area contributed by atoms with Crippen molar-refractivity contribution in [3.05, 3.63) is 39.4 Å². The fraction of sp³-hybridized carbons (Fsp3) is 0.286. The smallest absolute Gasteiger partial charge is 0.341 e. The lowest BCUT2D eigenvalue weighted by Gasteiger charge is -2.13. The van der Waals surface area contributed by atoms with Crippen LogP contribution in [0, 0.1) is 0 Å². The first-order valence-electron chi connectivity index (χ1n) is 5.79. The van der Waals surface area contributed by atoms with Gasteiger partial charge in [-0.05, 0) is 23.8 Å². The second-order valence-electron chi connectivity index (χ2n) is 3.88. The van der Waals surface area contributed by atoms with Gasteiger partial charge in [-0.1, -0.05) is 29.3 Å². The molecule has 21 heavy (non-hydrogen) atoms. The van der Waals surface area contributed by atoms with E-state index in [2.05, 4.69) is 4.74 Å². The van der Waals surface area contributed by atoms with Crippen molar-refractivity contribution in [2.45, 2.75) is 6.29 Å². The standard InChI is InChI=1S/C14H14Cl2O5/c1-19-13(18)10(12(17)14(20-2)21-3)6-8-4-5-9(15)7-11(8)16/h4-7,14H,1-3H3/b10-6-. The molecule has 5 nitrogen and oxygen atoms in total. The molecule has 1 aromatic carbocycles. The fourth-order valence-corrected chi connectivity index (χ4v) is 2.01. The molecule has 0 heterocycles. The van der Waals surface area contributed by atoms with Crippen molar-refractivity contribution < 1.29 is 23.8 Å². The number of hydrogen-bond acceptors (Lipinski definition) is 5. The Balaban J connectivity index is 3.27. The SMILES string of the molecule is COC(=O)/C(=C\c1ccc(Cl)cc1Cl)C(=O)C(OC)OC. The number of carbonyl (C=O) groups excluding carboxylic acids is 2. The van der Waals surface area contributed by atoms with Crippen LogP contribution in [-0.4, -0.2) is 39.4 Å². The molecule has 0 saturated carbocycles. The first-order valence-corrected chi connectivity index (χ1v) is 6.55. The van der Waals surface area contributed by atoms with Crippen LogP contribution in [0.2, 0.25) is 10.0 Å². The molecule has 0 aliphatic rings. The van der Waals surface area contributed by atoms with Crippen LogP contribution in [-0.2, 0) is 23.8 Å². The van der Waals surface area contributed by atoms with Crippen LogP contribution in [0.1, 0.15) is 5.56 Å². The number of benzene rings is 1. The topological polar surface area (TPSA) is 61.8 Å². The van der Waals surface area contributed by atoms with Gasteiger partial charge in [-0.2, -0.15) is 0 Å². The van der Waals surface area contributed by atoms with Crippen LogP contribution in [0.25, 0.3) is 6.08 Å². The number of halogens is 2. The summed E-state index contributed by atoms with van der Waals surface area (Å²) in [6.45, 7) is 0. The van der Waals surface area contributed by atoms with Crippen LogP contribution in [0.15, 0.2) is 23.8 Å². The zero-order chi connectivity index (χ0) is 16.0. The molecule has 1 rings (SSSR count). The number of esters is 1. The van der Waals surface area contributed by atoms with Gasteiger partial charge in [0.1, 0.15) is 5.57 Å². The second-order valence-corrected chi connectivity index (χ2v) is 4.73. The third-order valence-corrected chi connectivity index (χ3v) is 3.14. The van der Waals surface area contributed by atoms with Crippen LogP contribution < -0.4 is 0 Å². The molecule has 0 fully saturated rings. The molecule has 0 spiro atoms. The predicted molar refractivity (Wildman–Crippen MR) is 79.3 cm³/mol. The molecular formula is C14H14Cl2O5. The molecule has 114 valence electrons. The van der Waals surface area contributed by atoms with E-state index in [1.165, 1.54) is 33.5 Å². The summed E-state index contributed by atoms with van der Waals surface area (Å²) in [4.78, 5) is 24.0. The average Bonchev–Trinajstić information content (AvgIpc) is 2.46. The van der Waals surface area contributed by atoms with E-state index in [9.17, 15) is 9.59 Å². The van der Waals surface area contributed by atoms with Gasteiger partial charge < -0.3 is 14.2 Å². The Hall–Kier alpha value is -1.40. The van der Waals surface area contributed by atoms with Gasteiger partial charge >= 0.3 is 5.97 Å². The summed E-state index contributed by atoms with van der Waals surface area (Å²) in [5, 5.41) is 0.734. The average molecular weight is 333 g/mol. The number of ketones is 1. The molecule has 0 amide bonds. The van der Waals surface area contributed by atoms with Crippen LogP contribution in [0.3, 0.4) is 0 Å². The van der Waals surface area contributed by atoms with Gasteiger partial charge in [-0.3, -0.25) is 4.79 Å². The largest absolute Gasteiger partial charge is 0.465 e. The van der Waals surface area contributed by atoms with E-state index in [1.807, 2.05) is 0 Å². The number of ether oxygens (including phenoxy) is 3. The van der Waals surface area contributed by atoms with E-state index in [0.29, 0.717) is 15.6 Å². The van der Waals surface area contributed by atoms with Crippen LogP contribution in [0.5, 0.6) is 0 Å². The third-order valence-electron chi connectivity index (χ3n) is 2.58. The summed E-state index contributed by atoms with van der Waals surface area (Å²) >= 11 is 11.8. The molecule has 1 aromatic rings. The summed E-state index contributed by atoms with van der Waals surface area (Å²) in [5.41, 5.74) is 0.205. The lowest BCUT2D eigenvalue weighted by molar-refractivity contribution is -0.155. The van der Waals surface area contributed by atoms with Gasteiger partial charge in [0.2, 0.25) is 12.1 Å². The monoisotopic (exact) mass is 332 g/mol. The van der Waals surface area contributed by atoms with E-state index < -0.39 is 18.0 Å². The lowest BCUT2D eigenvalue weighted by atomic mass is 10.1. The summed E-state index contributed by atoms with van der Waals surface area (Å²) in [6.07, 6.45) is 0.0964. The molecule has 0 aliphatic carbocycles. The normalized spacial score (nSPS) is 11.6. The molecule has 0 aliphatic heterocycles. The van der Waals surface area contributed by atoms with E-state index in [4.69, 9.17) is 32.7 Å². The zero-order valence-electron chi connectivity index (χ0n) is 11.7. The second kappa shape index (κ2) is 8.14. The van der Waals surface area contributed by atoms with Crippen molar-refractivity contribution in [1.82, 2.24) is 0 Å². The Morgan fingerprint density at radius 1 is 1.14 bits per heavy atom. The minimum absolute atomic E-state index is 0.240. The summed E-state index contributed by atoms with van der Waals surface area (Å²) in [6, 6.07) is 4.66. The van der Waals surface area contributed by atoms with Crippen LogP contribution in [0.4, 0.5) is 0 Å². The maximum Gasteiger partial charge on any atom is 0.341 e. The molecule has 0 bridgehead atoms. The van der Waals surface area contributed by atoms with Crippen molar-refractivity contribution in [3.8, 4) is 0 Å². The van der Waals surface area contributed by atoms with Gasteiger partial charge in [0, 0.05) is 24.3 Å². The quantitative estimate of drug-likeness (QED) is 0.263. The summed E-state index contributed by atoms with van der Waals surface area (Å²) in [7, 11) is 3.74. The Bertz CT molecular complexity index is 564. The van der Waals surface area contributed by atoms with Crippen molar-refractivity contribution >= 4 is 41.0 Å². The van der Waals surface area contributed by atoms with Crippen molar-refractivity contribution in [2.24, 2.45) is 0 Å². The van der Waals surface area contributed by atoms with Crippen molar-refractivity contribution in [3.63, 3.8) is 0 Å². The van der Waals surface area contributed by atoms with Gasteiger partial charge in [0.15, 0.2) is 0 Å². The Morgan fingerprint density at radius 3 is 2.24 bits per heavy atom. The highest BCUT2D eigenvalue weighted by molar-refractivity contribution is 6.36. The van der Waals surface area contributed by atoms with E-state index in [0.717, 1.165) is 0 Å². The number of rotatable bonds is 6. The molecule has 7 heteroatoms. The van der Waals surface area contributed by atoms with Gasteiger partial charge in [0.05, 0.1) is 7.11 Å². The maximum absolute atomic E-state index is 12.2. The van der Waals surface area contributed by atoms with Gasteiger partial charge in [-0.25, -0.2) is 4.79 Å². The van der Waals surface area contributed by atoms with E-state index >= 15 is 0 Å². The van der Waals surface area contributed by atoms with Gasteiger partial charge in [0.25, 0.3) is 0 Å². The van der Waals surface area contributed by atoms with Crippen molar-refractivity contribution in [2.75, 3.05) is 21.3 Å². The predicted octanol–water partition coefficient (Wildman–Crippen LogP) is 2.74. The molecule has 0 atom stereocenters. The number of hydrogen-bond donors (Lipinski definition) is 0. The minimum Gasteiger partial charge on any atom is -0.465 e. The summed E-state index contributed by atoms with van der Waals surface area (Å²) in [5.74, 6) is -1.48. The zero-order valence-corrected chi connectivity index (χ0v) is 13.2. The highest BCUT2D eigenvalue weighted by Crippen LogP contribution is 2.24. The maximum atomic E-state index is 12.2. The minimum atomic E-state index is -1.21. The Labute approximate surface area is 132 Å². The highest BCUT2D eigenvalue weighted by Gasteiger charge is 2.27. The lowest BCUT2D eigenvalue weighted by Crippen LogP contribution is -2.29. The van der Waals surface area contributed by atoms with E-state index in [-0.39, 0.29) is 5.57 Å². The fourth-order valence-electron chi connectivity index (χ4n) is 1.55. The molecule has 0 radical (unpaired) electrons. The number of carbonyl (C=O) groups is 2. The first kappa shape index (κ1) is 17.7. The Kier molecular flexibility index (Phi) is 6.84.